The van der Waals surface area contributed by atoms with Crippen LogP contribution in [-0.4, -0.2) is 22.4 Å². The van der Waals surface area contributed by atoms with Crippen LogP contribution in [0.15, 0.2) is 61.3 Å². The lowest BCUT2D eigenvalue weighted by Gasteiger charge is -2.10. The number of rotatable bonds is 8. The second-order valence-corrected chi connectivity index (χ2v) is 4.62. The molecule has 0 saturated heterocycles. The van der Waals surface area contributed by atoms with Gasteiger partial charge in [0.05, 0.1) is 0 Å². The van der Waals surface area contributed by atoms with Crippen molar-refractivity contribution in [2.75, 3.05) is 0 Å². The van der Waals surface area contributed by atoms with Gasteiger partial charge in [0.2, 0.25) is 0 Å². The molecule has 0 unspecified atom stereocenters. The van der Waals surface area contributed by atoms with E-state index >= 15 is 0 Å². The fraction of sp³-hybridized carbons (Fsp3) is 0.412. The van der Waals surface area contributed by atoms with E-state index in [-0.39, 0.29) is 0 Å². The van der Waals surface area contributed by atoms with E-state index in [1.165, 1.54) is 12.2 Å². The van der Waals surface area contributed by atoms with Crippen LogP contribution in [0.3, 0.4) is 0 Å². The second kappa shape index (κ2) is 10.5. The van der Waals surface area contributed by atoms with E-state index in [1.54, 1.807) is 6.08 Å². The first-order valence-electron chi connectivity index (χ1n) is 6.66. The normalized spacial score (nSPS) is 19.4. The number of hydrogen-bond donors (Lipinski definition) is 2. The van der Waals surface area contributed by atoms with Gasteiger partial charge in [0, 0.05) is 0 Å². The van der Waals surface area contributed by atoms with Gasteiger partial charge in [-0.15, -0.1) is 6.58 Å². The summed E-state index contributed by atoms with van der Waals surface area (Å²) in [5, 5.41) is 18.7. The van der Waals surface area contributed by atoms with Crippen LogP contribution < -0.4 is 0 Å². The lowest BCUT2D eigenvalue weighted by Crippen LogP contribution is -2.20. The smallest absolute Gasteiger partial charge is 0.102 e. The topological polar surface area (TPSA) is 40.5 Å². The average molecular weight is 262 g/mol. The Labute approximate surface area is 117 Å². The lowest BCUT2D eigenvalue weighted by molar-refractivity contribution is 0.0811. The number of aliphatic hydroxyl groups is 2. The molecule has 0 saturated carbocycles. The standard InChI is InChI=1S/C17H26O2/c1-5-11-14(3)15(4)12-9-7-8-10-13-17(19)16(18)6-2/h5-19H,2H2,1,3-4H3/b8-7+,11-5+,12-9+,13-10+/t14-,15-,16-,17+/m1/s1. The highest BCUT2D eigenvalue weighted by molar-refractivity contribution is 5.14. The number of hydrogen-bond acceptors (Lipinski definition) is 2. The molecule has 0 aromatic heterocycles. The molecular weight excluding hydrogens is 236 g/mol. The zero-order chi connectivity index (χ0) is 14.7. The van der Waals surface area contributed by atoms with Crippen LogP contribution in [0, 0.1) is 11.8 Å². The van der Waals surface area contributed by atoms with Gasteiger partial charge in [-0.25, -0.2) is 0 Å². The molecule has 2 N–H and O–H groups in total. The molecule has 0 spiro atoms. The van der Waals surface area contributed by atoms with Crippen molar-refractivity contribution in [2.45, 2.75) is 33.0 Å². The maximum atomic E-state index is 9.43. The fourth-order valence-electron chi connectivity index (χ4n) is 1.45. The van der Waals surface area contributed by atoms with Crippen LogP contribution >= 0.6 is 0 Å². The molecule has 0 aliphatic carbocycles. The van der Waals surface area contributed by atoms with E-state index in [0.29, 0.717) is 11.8 Å². The molecule has 0 aliphatic rings. The maximum absolute atomic E-state index is 9.43. The average Bonchev–Trinajstić information content (AvgIpc) is 2.41. The molecule has 0 bridgehead atoms. The van der Waals surface area contributed by atoms with E-state index in [9.17, 15) is 10.2 Å². The van der Waals surface area contributed by atoms with Crippen molar-refractivity contribution in [3.8, 4) is 0 Å². The zero-order valence-corrected chi connectivity index (χ0v) is 12.1. The largest absolute Gasteiger partial charge is 0.386 e. The summed E-state index contributed by atoms with van der Waals surface area (Å²) in [4.78, 5) is 0. The van der Waals surface area contributed by atoms with Crippen molar-refractivity contribution < 1.29 is 10.2 Å². The van der Waals surface area contributed by atoms with Crippen molar-refractivity contribution in [3.05, 3.63) is 61.3 Å². The van der Waals surface area contributed by atoms with Gasteiger partial charge in [-0.1, -0.05) is 68.5 Å². The SMILES string of the molecule is C=C[C@@H](O)[C@@H](O)/C=C/C=C/C=C/[C@@H](C)[C@H](C)/C=C/C. The first-order chi connectivity index (χ1) is 9.02. The minimum Gasteiger partial charge on any atom is -0.386 e. The van der Waals surface area contributed by atoms with Crippen LogP contribution in [0.25, 0.3) is 0 Å². The molecule has 0 radical (unpaired) electrons. The molecule has 106 valence electrons. The van der Waals surface area contributed by atoms with Crippen LogP contribution in [-0.2, 0) is 0 Å². The summed E-state index contributed by atoms with van der Waals surface area (Å²) in [6.07, 6.45) is 14.8. The highest BCUT2D eigenvalue weighted by Crippen LogP contribution is 2.13. The van der Waals surface area contributed by atoms with E-state index < -0.39 is 12.2 Å². The number of allylic oxidation sites excluding steroid dienone is 7. The summed E-state index contributed by atoms with van der Waals surface area (Å²) in [6, 6.07) is 0. The predicted octanol–water partition coefficient (Wildman–Crippen LogP) is 3.41. The first kappa shape index (κ1) is 17.6. The minimum atomic E-state index is -0.915. The Hall–Kier alpha value is -1.38. The second-order valence-electron chi connectivity index (χ2n) is 4.62. The monoisotopic (exact) mass is 262 g/mol. The van der Waals surface area contributed by atoms with Crippen LogP contribution in [0.5, 0.6) is 0 Å². The fourth-order valence-corrected chi connectivity index (χ4v) is 1.45. The highest BCUT2D eigenvalue weighted by Gasteiger charge is 2.06. The molecule has 0 rings (SSSR count). The van der Waals surface area contributed by atoms with Gasteiger partial charge in [0.15, 0.2) is 0 Å². The Morgan fingerprint density at radius 2 is 1.32 bits per heavy atom. The van der Waals surface area contributed by atoms with Gasteiger partial charge < -0.3 is 10.2 Å². The van der Waals surface area contributed by atoms with Gasteiger partial charge in [0.1, 0.15) is 12.2 Å². The van der Waals surface area contributed by atoms with Gasteiger partial charge in [-0.2, -0.15) is 0 Å². The summed E-state index contributed by atoms with van der Waals surface area (Å²) < 4.78 is 0. The first-order valence-corrected chi connectivity index (χ1v) is 6.66. The van der Waals surface area contributed by atoms with Gasteiger partial charge in [-0.05, 0) is 18.8 Å². The quantitative estimate of drug-likeness (QED) is 0.520. The Morgan fingerprint density at radius 1 is 0.789 bits per heavy atom. The summed E-state index contributed by atoms with van der Waals surface area (Å²) in [5.41, 5.74) is 0. The molecule has 0 heterocycles. The van der Waals surface area contributed by atoms with Crippen LogP contribution in [0.4, 0.5) is 0 Å². The molecule has 0 aromatic carbocycles. The molecule has 0 amide bonds. The Morgan fingerprint density at radius 3 is 1.84 bits per heavy atom. The maximum Gasteiger partial charge on any atom is 0.102 e. The molecule has 19 heavy (non-hydrogen) atoms. The van der Waals surface area contributed by atoms with Gasteiger partial charge in [-0.3, -0.25) is 0 Å². The summed E-state index contributed by atoms with van der Waals surface area (Å²) >= 11 is 0. The molecule has 0 fully saturated rings. The Bertz CT molecular complexity index is 350. The molecule has 2 nitrogen and oxygen atoms in total. The van der Waals surface area contributed by atoms with E-state index in [1.807, 2.05) is 25.2 Å². The summed E-state index contributed by atoms with van der Waals surface area (Å²) in [7, 11) is 0. The van der Waals surface area contributed by atoms with Crippen LogP contribution in [0.2, 0.25) is 0 Å². The molecular formula is C17H26O2. The number of aliphatic hydroxyl groups excluding tert-OH is 2. The van der Waals surface area contributed by atoms with Crippen molar-refractivity contribution in [1.82, 2.24) is 0 Å². The van der Waals surface area contributed by atoms with Gasteiger partial charge in [0.25, 0.3) is 0 Å². The molecule has 0 aliphatic heterocycles. The highest BCUT2D eigenvalue weighted by atomic mass is 16.3. The van der Waals surface area contributed by atoms with Gasteiger partial charge >= 0.3 is 0 Å². The third-order valence-corrected chi connectivity index (χ3v) is 2.97. The summed E-state index contributed by atoms with van der Waals surface area (Å²) in [5.74, 6) is 1.01. The van der Waals surface area contributed by atoms with Crippen molar-refractivity contribution in [2.24, 2.45) is 11.8 Å². The van der Waals surface area contributed by atoms with E-state index in [0.717, 1.165) is 0 Å². The van der Waals surface area contributed by atoms with E-state index in [4.69, 9.17) is 0 Å². The van der Waals surface area contributed by atoms with Crippen molar-refractivity contribution >= 4 is 0 Å². The molecule has 4 atom stereocenters. The third kappa shape index (κ3) is 8.36. The zero-order valence-electron chi connectivity index (χ0n) is 12.1. The van der Waals surface area contributed by atoms with Crippen molar-refractivity contribution in [1.29, 1.82) is 0 Å². The lowest BCUT2D eigenvalue weighted by atomic mass is 9.95. The molecule has 2 heteroatoms. The summed E-state index contributed by atoms with van der Waals surface area (Å²) in [6.45, 7) is 9.80. The minimum absolute atomic E-state index is 0.484. The predicted molar refractivity (Wildman–Crippen MR) is 82.8 cm³/mol. The Kier molecular flexibility index (Phi) is 9.77. The van der Waals surface area contributed by atoms with Crippen LogP contribution in [0.1, 0.15) is 20.8 Å². The molecule has 0 aromatic rings. The van der Waals surface area contributed by atoms with E-state index in [2.05, 4.69) is 38.7 Å². The third-order valence-electron chi connectivity index (χ3n) is 2.97. The van der Waals surface area contributed by atoms with Crippen molar-refractivity contribution in [3.63, 3.8) is 0 Å². The Balaban J connectivity index is 4.15.